The predicted molar refractivity (Wildman–Crippen MR) is 54.7 cm³/mol. The summed E-state index contributed by atoms with van der Waals surface area (Å²) >= 11 is 0. The molecule has 0 aliphatic carbocycles. The lowest BCUT2D eigenvalue weighted by Gasteiger charge is -2.01. The Morgan fingerprint density at radius 3 is 3.07 bits per heavy atom. The summed E-state index contributed by atoms with van der Waals surface area (Å²) in [6.45, 7) is 0.469. The van der Waals surface area contributed by atoms with Crippen LogP contribution in [-0.4, -0.2) is 11.0 Å². The Hall–Kier alpha value is -1.97. The molecule has 4 N–H and O–H groups in total. The maximum Gasteiger partial charge on any atom is 0.312 e. The number of rotatable bonds is 2. The van der Waals surface area contributed by atoms with E-state index in [2.05, 4.69) is 10.3 Å². The number of carbonyl (C=O) groups is 1. The third-order valence-corrected chi connectivity index (χ3v) is 2.08. The third kappa shape index (κ3) is 1.69. The van der Waals surface area contributed by atoms with Gasteiger partial charge in [-0.15, -0.1) is 0 Å². The van der Waals surface area contributed by atoms with Crippen LogP contribution >= 0.6 is 0 Å². The number of H-pyrrole nitrogens is 1. The lowest BCUT2D eigenvalue weighted by atomic mass is 10.1. The number of amides is 2. The average Bonchev–Trinajstić information content (AvgIpc) is 2.61. The van der Waals surface area contributed by atoms with Crippen LogP contribution in [0.4, 0.5) is 4.79 Å². The first kappa shape index (κ1) is 8.62. The van der Waals surface area contributed by atoms with Crippen molar-refractivity contribution in [2.75, 3.05) is 0 Å². The Kier molecular flexibility index (Phi) is 2.10. The van der Waals surface area contributed by atoms with Gasteiger partial charge in [0.1, 0.15) is 0 Å². The molecular weight excluding hydrogens is 178 g/mol. The molecule has 0 aliphatic heterocycles. The number of fused-ring (bicyclic) bond motifs is 1. The van der Waals surface area contributed by atoms with E-state index in [0.717, 1.165) is 16.5 Å². The van der Waals surface area contributed by atoms with Gasteiger partial charge in [0.05, 0.1) is 0 Å². The molecule has 0 atom stereocenters. The maximum atomic E-state index is 10.5. The van der Waals surface area contributed by atoms with E-state index < -0.39 is 6.03 Å². The van der Waals surface area contributed by atoms with Crippen LogP contribution in [0, 0.1) is 0 Å². The molecule has 2 rings (SSSR count). The molecule has 0 fully saturated rings. The molecule has 0 saturated heterocycles. The van der Waals surface area contributed by atoms with Gasteiger partial charge >= 0.3 is 6.03 Å². The highest BCUT2D eigenvalue weighted by Crippen LogP contribution is 2.13. The molecule has 0 unspecified atom stereocenters. The number of primary amides is 1. The summed E-state index contributed by atoms with van der Waals surface area (Å²) in [5, 5.41) is 3.68. The number of hydrogen-bond donors (Lipinski definition) is 3. The average molecular weight is 189 g/mol. The minimum atomic E-state index is -0.501. The van der Waals surface area contributed by atoms with E-state index in [1.165, 1.54) is 0 Å². The summed E-state index contributed by atoms with van der Waals surface area (Å²) in [6, 6.07) is 7.44. The molecule has 0 spiro atoms. The Balaban J connectivity index is 2.21. The Labute approximate surface area is 81.1 Å². The van der Waals surface area contributed by atoms with Crippen molar-refractivity contribution in [3.05, 3.63) is 36.0 Å². The van der Waals surface area contributed by atoms with Crippen molar-refractivity contribution in [2.45, 2.75) is 6.54 Å². The van der Waals surface area contributed by atoms with Crippen molar-refractivity contribution < 1.29 is 4.79 Å². The second-order valence-electron chi connectivity index (χ2n) is 3.12. The number of nitrogens with two attached hydrogens (primary N) is 1. The van der Waals surface area contributed by atoms with Gasteiger partial charge < -0.3 is 16.0 Å². The van der Waals surface area contributed by atoms with Crippen LogP contribution in [0.5, 0.6) is 0 Å². The van der Waals surface area contributed by atoms with Crippen molar-refractivity contribution in [3.8, 4) is 0 Å². The van der Waals surface area contributed by atoms with E-state index >= 15 is 0 Å². The van der Waals surface area contributed by atoms with Gasteiger partial charge in [-0.05, 0) is 29.1 Å². The number of carbonyl (C=O) groups excluding carboxylic acids is 1. The molecular formula is C10H11N3O. The summed E-state index contributed by atoms with van der Waals surface area (Å²) in [6.07, 6.45) is 1.88. The number of urea groups is 1. The summed E-state index contributed by atoms with van der Waals surface area (Å²) in [5.41, 5.74) is 7.11. The molecule has 0 aliphatic rings. The predicted octanol–water partition coefficient (Wildman–Crippen LogP) is 1.34. The Morgan fingerprint density at radius 1 is 1.43 bits per heavy atom. The van der Waals surface area contributed by atoms with Crippen molar-refractivity contribution in [2.24, 2.45) is 5.73 Å². The first-order chi connectivity index (χ1) is 6.75. The number of aromatic nitrogens is 1. The van der Waals surface area contributed by atoms with Gasteiger partial charge in [-0.2, -0.15) is 0 Å². The molecule has 0 radical (unpaired) electrons. The van der Waals surface area contributed by atoms with Gasteiger partial charge in [-0.25, -0.2) is 4.79 Å². The topological polar surface area (TPSA) is 70.9 Å². The molecule has 0 bridgehead atoms. The second-order valence-corrected chi connectivity index (χ2v) is 3.12. The first-order valence-electron chi connectivity index (χ1n) is 4.35. The van der Waals surface area contributed by atoms with Crippen molar-refractivity contribution in [1.82, 2.24) is 10.3 Å². The number of aromatic amines is 1. The normalized spacial score (nSPS) is 10.3. The van der Waals surface area contributed by atoms with Gasteiger partial charge in [0, 0.05) is 18.3 Å². The van der Waals surface area contributed by atoms with Gasteiger partial charge in [-0.3, -0.25) is 0 Å². The highest BCUT2D eigenvalue weighted by molar-refractivity contribution is 5.80. The van der Waals surface area contributed by atoms with Crippen LogP contribution in [0.25, 0.3) is 10.9 Å². The number of nitrogens with one attached hydrogen (secondary N) is 2. The lowest BCUT2D eigenvalue weighted by molar-refractivity contribution is 0.248. The summed E-state index contributed by atoms with van der Waals surface area (Å²) in [7, 11) is 0. The second kappa shape index (κ2) is 3.41. The van der Waals surface area contributed by atoms with Crippen LogP contribution in [0.3, 0.4) is 0 Å². The standard InChI is InChI=1S/C10H11N3O/c11-10(14)13-6-7-1-2-9-8(5-7)3-4-12-9/h1-5,12H,6H2,(H3,11,13,14). The zero-order valence-electron chi connectivity index (χ0n) is 7.58. The summed E-state index contributed by atoms with van der Waals surface area (Å²) in [5.74, 6) is 0. The van der Waals surface area contributed by atoms with Crippen LogP contribution < -0.4 is 11.1 Å². The fraction of sp³-hybridized carbons (Fsp3) is 0.100. The van der Waals surface area contributed by atoms with Gasteiger partial charge in [0.2, 0.25) is 0 Å². The van der Waals surface area contributed by atoms with E-state index in [-0.39, 0.29) is 0 Å². The third-order valence-electron chi connectivity index (χ3n) is 2.08. The van der Waals surface area contributed by atoms with E-state index in [4.69, 9.17) is 5.73 Å². The molecule has 72 valence electrons. The van der Waals surface area contributed by atoms with E-state index in [1.807, 2.05) is 30.5 Å². The number of benzene rings is 1. The Morgan fingerprint density at radius 2 is 2.29 bits per heavy atom. The maximum absolute atomic E-state index is 10.5. The fourth-order valence-electron chi connectivity index (χ4n) is 1.40. The van der Waals surface area contributed by atoms with Crippen molar-refractivity contribution >= 4 is 16.9 Å². The molecule has 2 aromatic rings. The molecule has 1 aromatic carbocycles. The van der Waals surface area contributed by atoms with E-state index in [9.17, 15) is 4.79 Å². The smallest absolute Gasteiger partial charge is 0.312 e. The zero-order valence-corrected chi connectivity index (χ0v) is 7.58. The summed E-state index contributed by atoms with van der Waals surface area (Å²) in [4.78, 5) is 13.6. The molecule has 1 aromatic heterocycles. The monoisotopic (exact) mass is 189 g/mol. The number of hydrogen-bond acceptors (Lipinski definition) is 1. The van der Waals surface area contributed by atoms with E-state index in [1.54, 1.807) is 0 Å². The molecule has 1 heterocycles. The van der Waals surface area contributed by atoms with E-state index in [0.29, 0.717) is 6.54 Å². The van der Waals surface area contributed by atoms with Crippen LogP contribution in [-0.2, 0) is 6.54 Å². The lowest BCUT2D eigenvalue weighted by Crippen LogP contribution is -2.28. The Bertz CT molecular complexity index is 461. The summed E-state index contributed by atoms with van der Waals surface area (Å²) < 4.78 is 0. The van der Waals surface area contributed by atoms with Crippen LogP contribution in [0.2, 0.25) is 0 Å². The fourth-order valence-corrected chi connectivity index (χ4v) is 1.40. The van der Waals surface area contributed by atoms with Gasteiger partial charge in [0.15, 0.2) is 0 Å². The zero-order chi connectivity index (χ0) is 9.97. The van der Waals surface area contributed by atoms with Crippen molar-refractivity contribution in [3.63, 3.8) is 0 Å². The molecule has 2 amide bonds. The highest BCUT2D eigenvalue weighted by Gasteiger charge is 1.97. The van der Waals surface area contributed by atoms with Gasteiger partial charge in [-0.1, -0.05) is 6.07 Å². The highest BCUT2D eigenvalue weighted by atomic mass is 16.2. The quantitative estimate of drug-likeness (QED) is 0.655. The molecule has 0 saturated carbocycles. The minimum Gasteiger partial charge on any atom is -0.361 e. The van der Waals surface area contributed by atoms with Crippen LogP contribution in [0.1, 0.15) is 5.56 Å². The molecule has 4 heteroatoms. The SMILES string of the molecule is NC(=O)NCc1ccc2[nH]ccc2c1. The largest absolute Gasteiger partial charge is 0.361 e. The van der Waals surface area contributed by atoms with Crippen molar-refractivity contribution in [1.29, 1.82) is 0 Å². The minimum absolute atomic E-state index is 0.469. The van der Waals surface area contributed by atoms with Gasteiger partial charge in [0.25, 0.3) is 0 Å². The first-order valence-corrected chi connectivity index (χ1v) is 4.35. The molecule has 4 nitrogen and oxygen atoms in total. The van der Waals surface area contributed by atoms with Crippen LogP contribution in [0.15, 0.2) is 30.5 Å². The molecule has 14 heavy (non-hydrogen) atoms.